The summed E-state index contributed by atoms with van der Waals surface area (Å²) in [5, 5.41) is 6.29. The molecule has 0 atom stereocenters. The minimum Gasteiger partial charge on any atom is -0.371 e. The molecule has 0 unspecified atom stereocenters. The number of carbonyl (C=O) groups is 2. The molecule has 2 N–H and O–H groups in total. The van der Waals surface area contributed by atoms with Crippen LogP contribution in [0.4, 0.5) is 11.4 Å². The van der Waals surface area contributed by atoms with Crippen LogP contribution in [0.3, 0.4) is 0 Å². The van der Waals surface area contributed by atoms with E-state index in [9.17, 15) is 9.59 Å². The van der Waals surface area contributed by atoms with Crippen molar-refractivity contribution in [2.45, 2.75) is 26.3 Å². The van der Waals surface area contributed by atoms with Crippen molar-refractivity contribution in [3.8, 4) is 0 Å². The van der Waals surface area contributed by atoms with Crippen molar-refractivity contribution >= 4 is 34.8 Å². The van der Waals surface area contributed by atoms with Crippen LogP contribution in [0.2, 0.25) is 5.02 Å². The third kappa shape index (κ3) is 5.74. The van der Waals surface area contributed by atoms with Crippen LogP contribution in [0.15, 0.2) is 72.8 Å². The second-order valence-electron chi connectivity index (χ2n) is 8.50. The highest BCUT2D eigenvalue weighted by molar-refractivity contribution is 6.34. The summed E-state index contributed by atoms with van der Waals surface area (Å²) < 4.78 is 0. The predicted molar refractivity (Wildman–Crippen MR) is 134 cm³/mol. The molecule has 0 aromatic heterocycles. The fraction of sp³-hybridized carbons (Fsp3) is 0.259. The van der Waals surface area contributed by atoms with Crippen LogP contribution in [0, 0.1) is 5.92 Å². The number of carbonyl (C=O) groups excluding carboxylic acids is 2. The topological polar surface area (TPSA) is 61.4 Å². The summed E-state index contributed by atoms with van der Waals surface area (Å²) in [5.74, 6) is 0.211. The fourth-order valence-electron chi connectivity index (χ4n) is 4.04. The molecule has 2 amide bonds. The van der Waals surface area contributed by atoms with Crippen LogP contribution in [0.5, 0.6) is 0 Å². The van der Waals surface area contributed by atoms with Gasteiger partial charge in [-0.3, -0.25) is 9.59 Å². The van der Waals surface area contributed by atoms with E-state index in [0.29, 0.717) is 34.3 Å². The van der Waals surface area contributed by atoms with E-state index >= 15 is 0 Å². The molecule has 1 fully saturated rings. The van der Waals surface area contributed by atoms with Gasteiger partial charge >= 0.3 is 0 Å². The molecule has 33 heavy (non-hydrogen) atoms. The van der Waals surface area contributed by atoms with Gasteiger partial charge in [-0.15, -0.1) is 0 Å². The lowest BCUT2D eigenvalue weighted by Crippen LogP contribution is -2.35. The van der Waals surface area contributed by atoms with Crippen molar-refractivity contribution < 1.29 is 9.59 Å². The summed E-state index contributed by atoms with van der Waals surface area (Å²) in [6, 6.07) is 22.2. The van der Waals surface area contributed by atoms with Crippen LogP contribution in [-0.2, 0) is 6.54 Å². The van der Waals surface area contributed by atoms with Crippen molar-refractivity contribution in [2.75, 3.05) is 23.3 Å². The zero-order valence-corrected chi connectivity index (χ0v) is 19.4. The second-order valence-corrected chi connectivity index (χ2v) is 8.91. The molecule has 1 aliphatic heterocycles. The van der Waals surface area contributed by atoms with Gasteiger partial charge in [0.15, 0.2) is 0 Å². The summed E-state index contributed by atoms with van der Waals surface area (Å²) in [7, 11) is 0. The van der Waals surface area contributed by atoms with Crippen LogP contribution >= 0.6 is 11.6 Å². The minimum absolute atomic E-state index is 0.165. The van der Waals surface area contributed by atoms with E-state index in [1.165, 1.54) is 0 Å². The molecule has 5 nitrogen and oxygen atoms in total. The van der Waals surface area contributed by atoms with E-state index in [1.807, 2.05) is 42.5 Å². The van der Waals surface area contributed by atoms with Crippen molar-refractivity contribution in [2.24, 2.45) is 5.92 Å². The standard InChI is InChI=1S/C27H28ClN3O2/c1-19-13-15-31(16-14-19)25-12-11-21(30-27(33)22-9-5-6-10-24(22)28)17-23(25)26(32)29-18-20-7-3-2-4-8-20/h2-12,17,19H,13-16,18H2,1H3,(H,29,32)(H,30,33). The predicted octanol–water partition coefficient (Wildman–Crippen LogP) is 5.76. The van der Waals surface area contributed by atoms with E-state index in [1.54, 1.807) is 30.3 Å². The van der Waals surface area contributed by atoms with Gasteiger partial charge in [0.1, 0.15) is 0 Å². The Kier molecular flexibility index (Phi) is 7.30. The molecule has 1 aliphatic rings. The molecular formula is C27H28ClN3O2. The summed E-state index contributed by atoms with van der Waals surface area (Å²) in [4.78, 5) is 28.2. The maximum absolute atomic E-state index is 13.2. The monoisotopic (exact) mass is 461 g/mol. The number of benzene rings is 3. The fourth-order valence-corrected chi connectivity index (χ4v) is 4.26. The molecular weight excluding hydrogens is 434 g/mol. The number of nitrogens with one attached hydrogen (secondary N) is 2. The van der Waals surface area contributed by atoms with Gasteiger partial charge in [0.2, 0.25) is 0 Å². The molecule has 0 aliphatic carbocycles. The van der Waals surface area contributed by atoms with E-state index in [4.69, 9.17) is 11.6 Å². The number of nitrogens with zero attached hydrogens (tertiary/aromatic N) is 1. The molecule has 0 radical (unpaired) electrons. The summed E-state index contributed by atoms with van der Waals surface area (Å²) in [6.45, 7) is 4.52. The van der Waals surface area contributed by atoms with E-state index in [2.05, 4.69) is 22.5 Å². The molecule has 0 spiro atoms. The number of rotatable bonds is 6. The Bertz CT molecular complexity index is 1130. The Labute approximate surface area is 199 Å². The Morgan fingerprint density at radius 3 is 2.33 bits per heavy atom. The Morgan fingerprint density at radius 1 is 0.909 bits per heavy atom. The van der Waals surface area contributed by atoms with Crippen LogP contribution in [0.1, 0.15) is 46.0 Å². The molecule has 3 aromatic rings. The minimum atomic E-state index is -0.309. The van der Waals surface area contributed by atoms with Gasteiger partial charge in [0.25, 0.3) is 11.8 Å². The van der Waals surface area contributed by atoms with Gasteiger partial charge < -0.3 is 15.5 Å². The maximum Gasteiger partial charge on any atom is 0.257 e. The Morgan fingerprint density at radius 2 is 1.61 bits per heavy atom. The first kappa shape index (κ1) is 22.9. The highest BCUT2D eigenvalue weighted by Crippen LogP contribution is 2.29. The first-order chi connectivity index (χ1) is 16.0. The van der Waals surface area contributed by atoms with Gasteiger partial charge in [-0.05, 0) is 54.7 Å². The van der Waals surface area contributed by atoms with Crippen molar-refractivity contribution in [1.29, 1.82) is 0 Å². The number of hydrogen-bond donors (Lipinski definition) is 2. The second kappa shape index (κ2) is 10.5. The molecule has 3 aromatic carbocycles. The van der Waals surface area contributed by atoms with Crippen LogP contribution in [0.25, 0.3) is 0 Å². The SMILES string of the molecule is CC1CCN(c2ccc(NC(=O)c3ccccc3Cl)cc2C(=O)NCc2ccccc2)CC1. The molecule has 1 heterocycles. The molecule has 6 heteroatoms. The molecule has 170 valence electrons. The number of halogens is 1. The zero-order valence-electron chi connectivity index (χ0n) is 18.7. The average Bonchev–Trinajstić information content (AvgIpc) is 2.84. The quantitative estimate of drug-likeness (QED) is 0.490. The lowest BCUT2D eigenvalue weighted by Gasteiger charge is -2.33. The van der Waals surface area contributed by atoms with E-state index in [-0.39, 0.29) is 11.8 Å². The first-order valence-electron chi connectivity index (χ1n) is 11.3. The number of amides is 2. The molecule has 0 saturated carbocycles. The molecule has 1 saturated heterocycles. The van der Waals surface area contributed by atoms with Crippen LogP contribution < -0.4 is 15.5 Å². The maximum atomic E-state index is 13.2. The zero-order chi connectivity index (χ0) is 23.2. The summed E-state index contributed by atoms with van der Waals surface area (Å²) in [5.41, 5.74) is 3.42. The lowest BCUT2D eigenvalue weighted by atomic mass is 9.97. The van der Waals surface area contributed by atoms with Crippen molar-refractivity contribution in [3.63, 3.8) is 0 Å². The molecule has 4 rings (SSSR count). The Balaban J connectivity index is 1.58. The van der Waals surface area contributed by atoms with Crippen molar-refractivity contribution in [3.05, 3.63) is 94.5 Å². The van der Waals surface area contributed by atoms with Crippen molar-refractivity contribution in [1.82, 2.24) is 5.32 Å². The van der Waals surface area contributed by atoms with Gasteiger partial charge in [0, 0.05) is 31.0 Å². The lowest BCUT2D eigenvalue weighted by molar-refractivity contribution is 0.0950. The highest BCUT2D eigenvalue weighted by atomic mass is 35.5. The first-order valence-corrected chi connectivity index (χ1v) is 11.7. The summed E-state index contributed by atoms with van der Waals surface area (Å²) >= 11 is 6.17. The number of hydrogen-bond acceptors (Lipinski definition) is 3. The van der Waals surface area contributed by atoms with E-state index < -0.39 is 0 Å². The Hall–Kier alpha value is -3.31. The highest BCUT2D eigenvalue weighted by Gasteiger charge is 2.22. The average molecular weight is 462 g/mol. The van der Waals surface area contributed by atoms with Gasteiger partial charge in [-0.25, -0.2) is 0 Å². The molecule has 0 bridgehead atoms. The third-order valence-corrected chi connectivity index (χ3v) is 6.37. The van der Waals surface area contributed by atoms with Gasteiger partial charge in [-0.1, -0.05) is 61.0 Å². The number of anilines is 2. The third-order valence-electron chi connectivity index (χ3n) is 6.04. The largest absolute Gasteiger partial charge is 0.371 e. The number of piperidine rings is 1. The normalized spacial score (nSPS) is 14.1. The summed E-state index contributed by atoms with van der Waals surface area (Å²) in [6.07, 6.45) is 2.19. The van der Waals surface area contributed by atoms with Gasteiger partial charge in [-0.2, -0.15) is 0 Å². The van der Waals surface area contributed by atoms with Crippen LogP contribution in [-0.4, -0.2) is 24.9 Å². The smallest absolute Gasteiger partial charge is 0.257 e. The van der Waals surface area contributed by atoms with Gasteiger partial charge in [0.05, 0.1) is 16.1 Å². The van der Waals surface area contributed by atoms with E-state index in [0.717, 1.165) is 37.2 Å².